The van der Waals surface area contributed by atoms with E-state index in [1.807, 2.05) is 24.3 Å². The summed E-state index contributed by atoms with van der Waals surface area (Å²) in [4.78, 5) is 11.1. The standard InChI is InChI=1S/C45H64N2O4/c1-3-5-7-9-11-13-15-17-19-21-35-50-43-34-27-39(37-44(43)51-36-22-20-18-16-14-12-10-8-6-4-2)24-23-38-25-30-41(31-26-38)46-47-42-32-28-40(29-33-42)45(48)49/h23-34,37H,3-22,35-36H2,1-2H3,(H,48,49). The molecular weight excluding hydrogens is 633 g/mol. The van der Waals surface area contributed by atoms with Crippen molar-refractivity contribution in [2.24, 2.45) is 10.2 Å². The van der Waals surface area contributed by atoms with Crippen molar-refractivity contribution >= 4 is 29.5 Å². The maximum Gasteiger partial charge on any atom is 0.335 e. The van der Waals surface area contributed by atoms with E-state index in [0.717, 1.165) is 47.8 Å². The van der Waals surface area contributed by atoms with Gasteiger partial charge in [0.05, 0.1) is 30.2 Å². The Balaban J connectivity index is 1.49. The number of benzene rings is 3. The third-order valence-electron chi connectivity index (χ3n) is 9.24. The summed E-state index contributed by atoms with van der Waals surface area (Å²) in [6.45, 7) is 5.97. The van der Waals surface area contributed by atoms with Gasteiger partial charge in [0, 0.05) is 0 Å². The first-order valence-corrected chi connectivity index (χ1v) is 20.0. The van der Waals surface area contributed by atoms with Gasteiger partial charge in [-0.05, 0) is 72.5 Å². The van der Waals surface area contributed by atoms with Crippen LogP contribution in [0.4, 0.5) is 11.4 Å². The molecule has 0 saturated heterocycles. The number of azo groups is 1. The van der Waals surface area contributed by atoms with Crippen LogP contribution in [0, 0.1) is 0 Å². The summed E-state index contributed by atoms with van der Waals surface area (Å²) in [5.41, 5.74) is 3.67. The molecule has 0 amide bonds. The van der Waals surface area contributed by atoms with Gasteiger partial charge in [0.1, 0.15) is 0 Å². The Hall–Kier alpha value is -3.93. The van der Waals surface area contributed by atoms with Crippen LogP contribution >= 0.6 is 0 Å². The SMILES string of the molecule is CCCCCCCCCCCCOc1ccc(C=Cc2ccc(N=Nc3ccc(C(=O)O)cc3)cc2)cc1OCCCCCCCCCCCC. The molecule has 0 fully saturated rings. The van der Waals surface area contributed by atoms with Crippen LogP contribution < -0.4 is 9.47 Å². The average molecular weight is 697 g/mol. The fourth-order valence-corrected chi connectivity index (χ4v) is 6.03. The van der Waals surface area contributed by atoms with E-state index < -0.39 is 5.97 Å². The fourth-order valence-electron chi connectivity index (χ4n) is 6.03. The summed E-state index contributed by atoms with van der Waals surface area (Å²) in [5, 5.41) is 17.6. The lowest BCUT2D eigenvalue weighted by molar-refractivity contribution is 0.0697. The number of unbranched alkanes of at least 4 members (excludes halogenated alkanes) is 18. The smallest absolute Gasteiger partial charge is 0.335 e. The Morgan fingerprint density at radius 3 is 1.37 bits per heavy atom. The minimum absolute atomic E-state index is 0.226. The Morgan fingerprint density at radius 1 is 0.510 bits per heavy atom. The molecule has 6 heteroatoms. The van der Waals surface area contributed by atoms with Gasteiger partial charge in [-0.15, -0.1) is 0 Å². The number of hydrogen-bond acceptors (Lipinski definition) is 5. The minimum Gasteiger partial charge on any atom is -0.490 e. The fraction of sp³-hybridized carbons (Fsp3) is 0.533. The molecule has 0 aliphatic carbocycles. The molecule has 0 unspecified atom stereocenters. The van der Waals surface area contributed by atoms with Gasteiger partial charge in [-0.1, -0.05) is 160 Å². The van der Waals surface area contributed by atoms with Crippen molar-refractivity contribution in [2.45, 2.75) is 142 Å². The first-order valence-electron chi connectivity index (χ1n) is 20.0. The Kier molecular flexibility index (Phi) is 21.8. The largest absolute Gasteiger partial charge is 0.490 e. The zero-order valence-corrected chi connectivity index (χ0v) is 31.6. The second-order valence-corrected chi connectivity index (χ2v) is 13.7. The normalized spacial score (nSPS) is 11.5. The molecule has 0 atom stereocenters. The molecule has 3 aromatic rings. The first kappa shape index (κ1) is 41.5. The Bertz CT molecular complexity index is 1400. The highest BCUT2D eigenvalue weighted by molar-refractivity contribution is 5.87. The number of rotatable bonds is 29. The van der Waals surface area contributed by atoms with E-state index in [2.05, 4.69) is 54.4 Å². The van der Waals surface area contributed by atoms with Gasteiger partial charge in [-0.25, -0.2) is 4.79 Å². The quantitative estimate of drug-likeness (QED) is 0.0445. The zero-order valence-electron chi connectivity index (χ0n) is 31.6. The molecule has 0 aliphatic heterocycles. The van der Waals surface area contributed by atoms with E-state index in [1.54, 1.807) is 12.1 Å². The second-order valence-electron chi connectivity index (χ2n) is 13.7. The van der Waals surface area contributed by atoms with Crippen molar-refractivity contribution in [3.8, 4) is 11.5 Å². The number of aromatic carboxylic acids is 1. The number of ether oxygens (including phenoxy) is 2. The Morgan fingerprint density at radius 2 is 0.902 bits per heavy atom. The molecule has 3 rings (SSSR count). The molecule has 51 heavy (non-hydrogen) atoms. The molecule has 0 aliphatic rings. The third kappa shape index (κ3) is 18.8. The molecule has 278 valence electrons. The van der Waals surface area contributed by atoms with Crippen molar-refractivity contribution in [1.82, 2.24) is 0 Å². The molecular formula is C45H64N2O4. The first-order chi connectivity index (χ1) is 25.1. The number of carbonyl (C=O) groups is 1. The van der Waals surface area contributed by atoms with E-state index in [-0.39, 0.29) is 5.56 Å². The summed E-state index contributed by atoms with van der Waals surface area (Å²) < 4.78 is 12.6. The summed E-state index contributed by atoms with van der Waals surface area (Å²) >= 11 is 0. The zero-order chi connectivity index (χ0) is 36.2. The Labute approximate surface area is 308 Å². The monoisotopic (exact) mass is 696 g/mol. The molecule has 1 N–H and O–H groups in total. The lowest BCUT2D eigenvalue weighted by atomic mass is 10.1. The van der Waals surface area contributed by atoms with Gasteiger partial charge in [-0.3, -0.25) is 0 Å². The van der Waals surface area contributed by atoms with Gasteiger partial charge < -0.3 is 14.6 Å². The molecule has 0 heterocycles. The van der Waals surface area contributed by atoms with Crippen LogP contribution in [0.15, 0.2) is 77.0 Å². The minimum atomic E-state index is -0.959. The topological polar surface area (TPSA) is 80.5 Å². The number of hydrogen-bond donors (Lipinski definition) is 1. The van der Waals surface area contributed by atoms with Crippen LogP contribution in [0.2, 0.25) is 0 Å². The number of nitrogens with zero attached hydrogens (tertiary/aromatic N) is 2. The van der Waals surface area contributed by atoms with E-state index in [9.17, 15) is 4.79 Å². The summed E-state index contributed by atoms with van der Waals surface area (Å²) in [5.74, 6) is 0.703. The summed E-state index contributed by atoms with van der Waals surface area (Å²) in [6.07, 6.45) is 30.3. The molecule has 6 nitrogen and oxygen atoms in total. The lowest BCUT2D eigenvalue weighted by Gasteiger charge is -2.14. The highest BCUT2D eigenvalue weighted by Gasteiger charge is 2.07. The maximum absolute atomic E-state index is 11.1. The van der Waals surface area contributed by atoms with Crippen LogP contribution in [0.5, 0.6) is 11.5 Å². The van der Waals surface area contributed by atoms with E-state index in [4.69, 9.17) is 14.6 Å². The summed E-state index contributed by atoms with van der Waals surface area (Å²) in [7, 11) is 0. The molecule has 0 bridgehead atoms. The predicted octanol–water partition coefficient (Wildman–Crippen LogP) is 14.6. The third-order valence-corrected chi connectivity index (χ3v) is 9.24. The molecule has 0 saturated carbocycles. The van der Waals surface area contributed by atoms with Crippen molar-refractivity contribution < 1.29 is 19.4 Å². The lowest BCUT2D eigenvalue weighted by Crippen LogP contribution is -2.03. The van der Waals surface area contributed by atoms with Gasteiger partial charge in [0.25, 0.3) is 0 Å². The van der Waals surface area contributed by atoms with E-state index in [0.29, 0.717) is 12.3 Å². The second kappa shape index (κ2) is 26.8. The van der Waals surface area contributed by atoms with Crippen molar-refractivity contribution in [3.05, 3.63) is 83.4 Å². The molecule has 0 radical (unpaired) electrons. The van der Waals surface area contributed by atoms with Gasteiger partial charge in [-0.2, -0.15) is 10.2 Å². The van der Waals surface area contributed by atoms with Crippen molar-refractivity contribution in [2.75, 3.05) is 13.2 Å². The summed E-state index contributed by atoms with van der Waals surface area (Å²) in [6, 6.07) is 20.4. The maximum atomic E-state index is 11.1. The van der Waals surface area contributed by atoms with E-state index in [1.165, 1.54) is 128 Å². The van der Waals surface area contributed by atoms with Gasteiger partial charge in [0.15, 0.2) is 11.5 Å². The number of carboxylic acids is 1. The molecule has 0 aromatic heterocycles. The van der Waals surface area contributed by atoms with Crippen LogP contribution in [0.1, 0.15) is 164 Å². The molecule has 3 aromatic carbocycles. The van der Waals surface area contributed by atoms with Crippen LogP contribution in [0.25, 0.3) is 12.2 Å². The van der Waals surface area contributed by atoms with Crippen LogP contribution in [-0.4, -0.2) is 24.3 Å². The van der Waals surface area contributed by atoms with Crippen molar-refractivity contribution in [1.29, 1.82) is 0 Å². The van der Waals surface area contributed by atoms with E-state index >= 15 is 0 Å². The molecule has 0 spiro atoms. The van der Waals surface area contributed by atoms with Gasteiger partial charge >= 0.3 is 5.97 Å². The van der Waals surface area contributed by atoms with Crippen molar-refractivity contribution in [3.63, 3.8) is 0 Å². The highest BCUT2D eigenvalue weighted by atomic mass is 16.5. The van der Waals surface area contributed by atoms with Gasteiger partial charge in [0.2, 0.25) is 0 Å². The average Bonchev–Trinajstić information content (AvgIpc) is 3.15. The predicted molar refractivity (Wildman–Crippen MR) is 214 cm³/mol. The highest BCUT2D eigenvalue weighted by Crippen LogP contribution is 2.30. The number of carboxylic acid groups (broad SMARTS) is 1. The van der Waals surface area contributed by atoms with Crippen LogP contribution in [0.3, 0.4) is 0 Å². The van der Waals surface area contributed by atoms with Crippen LogP contribution in [-0.2, 0) is 0 Å².